The van der Waals surface area contributed by atoms with E-state index in [-0.39, 0.29) is 0 Å². The van der Waals surface area contributed by atoms with Crippen molar-refractivity contribution in [2.24, 2.45) is 0 Å². The molecule has 0 aliphatic rings. The van der Waals surface area contributed by atoms with Crippen molar-refractivity contribution >= 4 is 17.6 Å². The predicted molar refractivity (Wildman–Crippen MR) is 64.5 cm³/mol. The summed E-state index contributed by atoms with van der Waals surface area (Å²) in [6.07, 6.45) is -3.59. The van der Waals surface area contributed by atoms with Crippen LogP contribution in [0.1, 0.15) is 11.4 Å². The molecule has 2 rings (SSSR count). The standard InChI is InChI=1S/C11H9F3N4S/c1-6-17-8(15)4-10(18-6)19-9-3-2-7(5-16-9)11(12,13)14/h2-5H,1H3,(H2,15,17,18). The highest BCUT2D eigenvalue weighted by Crippen LogP contribution is 2.31. The van der Waals surface area contributed by atoms with Crippen LogP contribution in [0, 0.1) is 6.92 Å². The lowest BCUT2D eigenvalue weighted by molar-refractivity contribution is -0.137. The molecule has 4 nitrogen and oxygen atoms in total. The second-order valence-corrected chi connectivity index (χ2v) is 4.70. The molecule has 0 spiro atoms. The Morgan fingerprint density at radius 1 is 1.16 bits per heavy atom. The van der Waals surface area contributed by atoms with Gasteiger partial charge < -0.3 is 5.73 Å². The van der Waals surface area contributed by atoms with Gasteiger partial charge in [0.05, 0.1) is 5.56 Å². The summed E-state index contributed by atoms with van der Waals surface area (Å²) in [4.78, 5) is 11.8. The Kier molecular flexibility index (Phi) is 3.61. The third-order valence-electron chi connectivity index (χ3n) is 2.11. The molecule has 0 atom stereocenters. The lowest BCUT2D eigenvalue weighted by Gasteiger charge is -2.06. The molecule has 0 aliphatic carbocycles. The van der Waals surface area contributed by atoms with Crippen molar-refractivity contribution in [3.05, 3.63) is 35.8 Å². The van der Waals surface area contributed by atoms with Crippen LogP contribution in [0.15, 0.2) is 34.4 Å². The monoisotopic (exact) mass is 286 g/mol. The van der Waals surface area contributed by atoms with Gasteiger partial charge in [0, 0.05) is 12.3 Å². The molecule has 0 aromatic carbocycles. The van der Waals surface area contributed by atoms with Gasteiger partial charge in [0.1, 0.15) is 21.7 Å². The smallest absolute Gasteiger partial charge is 0.384 e. The second-order valence-electron chi connectivity index (χ2n) is 3.66. The molecule has 2 N–H and O–H groups in total. The lowest BCUT2D eigenvalue weighted by atomic mass is 10.3. The van der Waals surface area contributed by atoms with Crippen molar-refractivity contribution in [1.82, 2.24) is 15.0 Å². The molecule has 0 saturated heterocycles. The zero-order valence-electron chi connectivity index (χ0n) is 9.77. The van der Waals surface area contributed by atoms with E-state index >= 15 is 0 Å². The molecular formula is C11H9F3N4S. The third kappa shape index (κ3) is 3.57. The van der Waals surface area contributed by atoms with Crippen LogP contribution >= 0.6 is 11.8 Å². The van der Waals surface area contributed by atoms with Gasteiger partial charge in [0.15, 0.2) is 0 Å². The number of aromatic nitrogens is 3. The van der Waals surface area contributed by atoms with Crippen LogP contribution in [-0.4, -0.2) is 15.0 Å². The zero-order valence-corrected chi connectivity index (χ0v) is 10.6. The van der Waals surface area contributed by atoms with Crippen molar-refractivity contribution in [2.75, 3.05) is 5.73 Å². The molecule has 0 bridgehead atoms. The largest absolute Gasteiger partial charge is 0.417 e. The van der Waals surface area contributed by atoms with Gasteiger partial charge in [0.2, 0.25) is 0 Å². The van der Waals surface area contributed by atoms with Crippen molar-refractivity contribution in [3.8, 4) is 0 Å². The molecule has 2 heterocycles. The molecule has 0 saturated carbocycles. The molecular weight excluding hydrogens is 277 g/mol. The summed E-state index contributed by atoms with van der Waals surface area (Å²) in [7, 11) is 0. The predicted octanol–water partition coefficient (Wildman–Crippen LogP) is 2.93. The summed E-state index contributed by atoms with van der Waals surface area (Å²) in [6.45, 7) is 1.68. The van der Waals surface area contributed by atoms with Gasteiger partial charge in [0.25, 0.3) is 0 Å². The minimum Gasteiger partial charge on any atom is -0.384 e. The van der Waals surface area contributed by atoms with Gasteiger partial charge in [-0.15, -0.1) is 0 Å². The Hall–Kier alpha value is -1.83. The summed E-state index contributed by atoms with van der Waals surface area (Å²) in [6, 6.07) is 3.81. The highest BCUT2D eigenvalue weighted by molar-refractivity contribution is 7.99. The average molecular weight is 286 g/mol. The van der Waals surface area contributed by atoms with E-state index in [1.165, 1.54) is 12.1 Å². The Bertz CT molecular complexity index is 563. The van der Waals surface area contributed by atoms with E-state index in [0.29, 0.717) is 21.7 Å². The Balaban J connectivity index is 2.20. The SMILES string of the molecule is Cc1nc(N)cc(Sc2ccc(C(F)(F)F)cn2)n1. The number of rotatable bonds is 2. The first kappa shape index (κ1) is 13.6. The number of nitrogen functional groups attached to an aromatic ring is 1. The number of nitrogens with zero attached hydrogens (tertiary/aromatic N) is 3. The maximum Gasteiger partial charge on any atom is 0.417 e. The van der Waals surface area contributed by atoms with Crippen molar-refractivity contribution < 1.29 is 13.2 Å². The van der Waals surface area contributed by atoms with Gasteiger partial charge in [-0.05, 0) is 30.8 Å². The van der Waals surface area contributed by atoms with Gasteiger partial charge in [-0.2, -0.15) is 13.2 Å². The number of hydrogen-bond donors (Lipinski definition) is 1. The van der Waals surface area contributed by atoms with E-state index in [1.807, 2.05) is 0 Å². The minimum atomic E-state index is -4.38. The number of aryl methyl sites for hydroxylation is 1. The summed E-state index contributed by atoms with van der Waals surface area (Å²) in [5, 5.41) is 0.947. The summed E-state index contributed by atoms with van der Waals surface area (Å²) in [5.41, 5.74) is 4.78. The molecule has 2 aromatic rings. The molecule has 0 unspecified atom stereocenters. The lowest BCUT2D eigenvalue weighted by Crippen LogP contribution is -2.05. The summed E-state index contributed by atoms with van der Waals surface area (Å²) in [5.74, 6) is 0.802. The first-order valence-corrected chi connectivity index (χ1v) is 5.98. The van der Waals surface area contributed by atoms with Crippen LogP contribution < -0.4 is 5.73 Å². The fraction of sp³-hybridized carbons (Fsp3) is 0.182. The molecule has 0 radical (unpaired) electrons. The molecule has 8 heteroatoms. The molecule has 100 valence electrons. The first-order valence-electron chi connectivity index (χ1n) is 5.17. The fourth-order valence-electron chi connectivity index (χ4n) is 1.33. The topological polar surface area (TPSA) is 64.7 Å². The average Bonchev–Trinajstić information content (AvgIpc) is 2.26. The molecule has 2 aromatic heterocycles. The van der Waals surface area contributed by atoms with Gasteiger partial charge in [-0.3, -0.25) is 0 Å². The Labute approximate surface area is 111 Å². The first-order chi connectivity index (χ1) is 8.84. The van der Waals surface area contributed by atoms with Crippen LogP contribution in [0.4, 0.5) is 19.0 Å². The van der Waals surface area contributed by atoms with Crippen molar-refractivity contribution in [1.29, 1.82) is 0 Å². The van der Waals surface area contributed by atoms with Crippen LogP contribution in [-0.2, 0) is 6.18 Å². The third-order valence-corrected chi connectivity index (χ3v) is 2.98. The van der Waals surface area contributed by atoms with Gasteiger partial charge >= 0.3 is 6.18 Å². The highest BCUT2D eigenvalue weighted by atomic mass is 32.2. The second kappa shape index (κ2) is 5.04. The van der Waals surface area contributed by atoms with Crippen LogP contribution in [0.25, 0.3) is 0 Å². The summed E-state index contributed by atoms with van der Waals surface area (Å²) >= 11 is 1.13. The highest BCUT2D eigenvalue weighted by Gasteiger charge is 2.30. The molecule has 0 aliphatic heterocycles. The Morgan fingerprint density at radius 2 is 1.89 bits per heavy atom. The zero-order chi connectivity index (χ0) is 14.0. The van der Waals surface area contributed by atoms with Crippen LogP contribution in [0.3, 0.4) is 0 Å². The van der Waals surface area contributed by atoms with E-state index in [9.17, 15) is 13.2 Å². The van der Waals surface area contributed by atoms with Crippen LogP contribution in [0.5, 0.6) is 0 Å². The molecule has 0 fully saturated rings. The minimum absolute atomic E-state index is 0.307. The van der Waals surface area contributed by atoms with Crippen LogP contribution in [0.2, 0.25) is 0 Å². The maximum absolute atomic E-state index is 12.4. The van der Waals surface area contributed by atoms with Crippen molar-refractivity contribution in [2.45, 2.75) is 23.2 Å². The van der Waals surface area contributed by atoms with Gasteiger partial charge in [-0.25, -0.2) is 15.0 Å². The van der Waals surface area contributed by atoms with E-state index in [1.54, 1.807) is 6.92 Å². The molecule has 0 amide bonds. The normalized spacial score (nSPS) is 11.6. The number of halogens is 3. The van der Waals surface area contributed by atoms with Crippen molar-refractivity contribution in [3.63, 3.8) is 0 Å². The summed E-state index contributed by atoms with van der Waals surface area (Å²) < 4.78 is 37.1. The van der Waals surface area contributed by atoms with E-state index < -0.39 is 11.7 Å². The Morgan fingerprint density at radius 3 is 2.42 bits per heavy atom. The van der Waals surface area contributed by atoms with Gasteiger partial charge in [-0.1, -0.05) is 0 Å². The van der Waals surface area contributed by atoms with E-state index in [0.717, 1.165) is 24.0 Å². The van der Waals surface area contributed by atoms with E-state index in [4.69, 9.17) is 5.73 Å². The number of nitrogens with two attached hydrogens (primary N) is 1. The number of pyridine rings is 1. The molecule has 19 heavy (non-hydrogen) atoms. The van der Waals surface area contributed by atoms with E-state index in [2.05, 4.69) is 15.0 Å². The number of alkyl halides is 3. The number of hydrogen-bond acceptors (Lipinski definition) is 5. The number of anilines is 1. The fourth-order valence-corrected chi connectivity index (χ4v) is 2.14. The quantitative estimate of drug-likeness (QED) is 0.860. The maximum atomic E-state index is 12.4.